The molecule has 2 aliphatic carbocycles. The Labute approximate surface area is 104 Å². The van der Waals surface area contributed by atoms with Gasteiger partial charge >= 0.3 is 0 Å². The first kappa shape index (κ1) is 9.59. The predicted octanol–water partition coefficient (Wildman–Crippen LogP) is 1.74. The van der Waals surface area contributed by atoms with E-state index in [1.165, 1.54) is 0 Å². The van der Waals surface area contributed by atoms with Gasteiger partial charge in [-0.05, 0) is 34.8 Å². The van der Waals surface area contributed by atoms with Crippen LogP contribution < -0.4 is 5.32 Å². The SMILES string of the molecule is O=C1NC(=O)C2=C1C1=CC(c3ccccc3)=C2C1. The van der Waals surface area contributed by atoms with Crippen LogP contribution in [0.4, 0.5) is 0 Å². The Bertz CT molecular complexity index is 705. The topological polar surface area (TPSA) is 46.2 Å². The van der Waals surface area contributed by atoms with Gasteiger partial charge in [-0.15, -0.1) is 0 Å². The number of hydrogen-bond acceptors (Lipinski definition) is 2. The number of allylic oxidation sites excluding steroid dienone is 2. The van der Waals surface area contributed by atoms with Crippen molar-refractivity contribution in [3.05, 3.63) is 64.3 Å². The Kier molecular flexibility index (Phi) is 1.64. The number of nitrogens with one attached hydrogen (secondary N) is 1. The molecular weight excluding hydrogens is 226 g/mol. The van der Waals surface area contributed by atoms with E-state index in [1.807, 2.05) is 36.4 Å². The summed E-state index contributed by atoms with van der Waals surface area (Å²) in [7, 11) is 0. The van der Waals surface area contributed by atoms with Crippen molar-refractivity contribution in [1.29, 1.82) is 0 Å². The molecule has 1 N–H and O–H groups in total. The number of carbonyl (C=O) groups is 2. The van der Waals surface area contributed by atoms with Crippen molar-refractivity contribution >= 4 is 17.4 Å². The molecule has 3 nitrogen and oxygen atoms in total. The van der Waals surface area contributed by atoms with Gasteiger partial charge in [-0.25, -0.2) is 0 Å². The summed E-state index contributed by atoms with van der Waals surface area (Å²) in [5.41, 5.74) is 5.33. The average molecular weight is 235 g/mol. The van der Waals surface area contributed by atoms with Gasteiger partial charge in [-0.3, -0.25) is 14.9 Å². The smallest absolute Gasteiger partial charge is 0.259 e. The third-order valence-corrected chi connectivity index (χ3v) is 3.65. The largest absolute Gasteiger partial charge is 0.288 e. The minimum absolute atomic E-state index is 0.247. The summed E-state index contributed by atoms with van der Waals surface area (Å²) in [6.07, 6.45) is 2.75. The molecule has 3 heteroatoms. The van der Waals surface area contributed by atoms with Crippen LogP contribution in [0.15, 0.2) is 58.7 Å². The molecule has 0 unspecified atom stereocenters. The number of benzene rings is 1. The van der Waals surface area contributed by atoms with Crippen LogP contribution in [0.3, 0.4) is 0 Å². The molecule has 0 saturated heterocycles. The third kappa shape index (κ3) is 1.03. The summed E-state index contributed by atoms with van der Waals surface area (Å²) in [5, 5.41) is 2.36. The molecule has 1 heterocycles. The van der Waals surface area contributed by atoms with Gasteiger partial charge in [0.05, 0.1) is 11.1 Å². The molecule has 2 amide bonds. The van der Waals surface area contributed by atoms with Crippen LogP contribution in [-0.4, -0.2) is 11.8 Å². The van der Waals surface area contributed by atoms with Crippen molar-refractivity contribution in [2.75, 3.05) is 0 Å². The van der Waals surface area contributed by atoms with Crippen molar-refractivity contribution in [3.63, 3.8) is 0 Å². The van der Waals surface area contributed by atoms with Gasteiger partial charge < -0.3 is 0 Å². The molecule has 2 bridgehead atoms. The number of imide groups is 1. The molecule has 0 fully saturated rings. The molecule has 4 rings (SSSR count). The first-order valence-corrected chi connectivity index (χ1v) is 5.85. The molecule has 1 aliphatic heterocycles. The van der Waals surface area contributed by atoms with Gasteiger partial charge in [-0.1, -0.05) is 30.3 Å². The second-order valence-corrected chi connectivity index (χ2v) is 4.64. The minimum Gasteiger partial charge on any atom is -0.288 e. The maximum Gasteiger partial charge on any atom is 0.259 e. The van der Waals surface area contributed by atoms with Crippen LogP contribution in [0.1, 0.15) is 12.0 Å². The first-order chi connectivity index (χ1) is 8.75. The van der Waals surface area contributed by atoms with Gasteiger partial charge in [0.15, 0.2) is 0 Å². The van der Waals surface area contributed by atoms with E-state index in [1.54, 1.807) is 0 Å². The maximum atomic E-state index is 11.8. The lowest BCUT2D eigenvalue weighted by Crippen LogP contribution is -2.24. The lowest BCUT2D eigenvalue weighted by molar-refractivity contribution is -0.124. The van der Waals surface area contributed by atoms with Gasteiger partial charge in [0.25, 0.3) is 11.8 Å². The fraction of sp³-hybridized carbons (Fsp3) is 0.0667. The van der Waals surface area contributed by atoms with E-state index < -0.39 is 0 Å². The Balaban J connectivity index is 1.94. The third-order valence-electron chi connectivity index (χ3n) is 3.65. The standard InChI is InChI=1S/C15H9NO2/c17-14-12-9-6-10(8-4-2-1-3-5-8)11(7-9)13(12)15(18)16-14/h1-6H,7H2,(H,16,17,18). The number of hydrogen-bond donors (Lipinski definition) is 1. The monoisotopic (exact) mass is 235 g/mol. The molecule has 0 atom stereocenters. The maximum absolute atomic E-state index is 11.8. The molecule has 0 saturated carbocycles. The second kappa shape index (κ2) is 3.07. The Morgan fingerprint density at radius 2 is 1.67 bits per heavy atom. The molecule has 1 aromatic rings. The predicted molar refractivity (Wildman–Crippen MR) is 66.2 cm³/mol. The van der Waals surface area contributed by atoms with Crippen molar-refractivity contribution in [2.45, 2.75) is 6.42 Å². The number of rotatable bonds is 1. The zero-order chi connectivity index (χ0) is 12.3. The minimum atomic E-state index is -0.249. The van der Waals surface area contributed by atoms with Gasteiger partial charge in [-0.2, -0.15) is 0 Å². The molecule has 3 aliphatic rings. The highest BCUT2D eigenvalue weighted by atomic mass is 16.2. The summed E-state index contributed by atoms with van der Waals surface area (Å²) < 4.78 is 0. The lowest BCUT2D eigenvalue weighted by Gasteiger charge is -2.07. The number of fused-ring (bicyclic) bond motifs is 4. The Hall–Kier alpha value is -2.42. The van der Waals surface area contributed by atoms with Crippen molar-refractivity contribution < 1.29 is 9.59 Å². The second-order valence-electron chi connectivity index (χ2n) is 4.64. The molecule has 1 aromatic carbocycles. The highest BCUT2D eigenvalue weighted by molar-refractivity contribution is 6.27. The van der Waals surface area contributed by atoms with Crippen molar-refractivity contribution in [1.82, 2.24) is 5.32 Å². The zero-order valence-electron chi connectivity index (χ0n) is 9.49. The molecule has 0 spiro atoms. The van der Waals surface area contributed by atoms with E-state index in [4.69, 9.17) is 0 Å². The first-order valence-electron chi connectivity index (χ1n) is 5.85. The number of carbonyl (C=O) groups excluding carboxylic acids is 2. The summed E-state index contributed by atoms with van der Waals surface area (Å²) in [6, 6.07) is 9.96. The van der Waals surface area contributed by atoms with Crippen LogP contribution in [-0.2, 0) is 9.59 Å². The van der Waals surface area contributed by atoms with E-state index in [9.17, 15) is 9.59 Å². The zero-order valence-corrected chi connectivity index (χ0v) is 9.49. The fourth-order valence-corrected chi connectivity index (χ4v) is 2.91. The highest BCUT2D eigenvalue weighted by Gasteiger charge is 2.43. The summed E-state index contributed by atoms with van der Waals surface area (Å²) in [5.74, 6) is -0.495. The lowest BCUT2D eigenvalue weighted by atomic mass is 9.95. The molecule has 18 heavy (non-hydrogen) atoms. The normalized spacial score (nSPS) is 20.6. The average Bonchev–Trinajstić information content (AvgIpc) is 3.03. The highest BCUT2D eigenvalue weighted by Crippen LogP contribution is 2.48. The molecule has 0 aromatic heterocycles. The molecule has 0 radical (unpaired) electrons. The fourth-order valence-electron chi connectivity index (χ4n) is 2.91. The van der Waals surface area contributed by atoms with Crippen LogP contribution in [0.2, 0.25) is 0 Å². The number of amides is 2. The summed E-state index contributed by atoms with van der Waals surface area (Å²) in [6.45, 7) is 0. The molecule has 86 valence electrons. The molecular formula is C15H9NO2. The van der Waals surface area contributed by atoms with Crippen LogP contribution in [0.25, 0.3) is 5.57 Å². The van der Waals surface area contributed by atoms with Crippen molar-refractivity contribution in [2.24, 2.45) is 0 Å². The van der Waals surface area contributed by atoms with E-state index in [2.05, 4.69) is 5.32 Å². The van der Waals surface area contributed by atoms with Crippen LogP contribution in [0.5, 0.6) is 0 Å². The summed E-state index contributed by atoms with van der Waals surface area (Å²) in [4.78, 5) is 23.4. The van der Waals surface area contributed by atoms with Gasteiger partial charge in [0.1, 0.15) is 0 Å². The van der Waals surface area contributed by atoms with Crippen LogP contribution in [0, 0.1) is 0 Å². The Morgan fingerprint density at radius 1 is 0.944 bits per heavy atom. The van der Waals surface area contributed by atoms with E-state index >= 15 is 0 Å². The Morgan fingerprint density at radius 3 is 2.44 bits per heavy atom. The van der Waals surface area contributed by atoms with Crippen molar-refractivity contribution in [3.8, 4) is 0 Å². The van der Waals surface area contributed by atoms with Gasteiger partial charge in [0, 0.05) is 0 Å². The van der Waals surface area contributed by atoms with Crippen LogP contribution >= 0.6 is 0 Å². The van der Waals surface area contributed by atoms with E-state index in [-0.39, 0.29) is 11.8 Å². The van der Waals surface area contributed by atoms with E-state index in [0.29, 0.717) is 17.6 Å². The quantitative estimate of drug-likeness (QED) is 0.753. The summed E-state index contributed by atoms with van der Waals surface area (Å²) >= 11 is 0. The van der Waals surface area contributed by atoms with Gasteiger partial charge in [0.2, 0.25) is 0 Å². The van der Waals surface area contributed by atoms with E-state index in [0.717, 1.165) is 22.3 Å².